The number of thioether (sulfide) groups is 1. The first-order valence-corrected chi connectivity index (χ1v) is 9.13. The largest absolute Gasteiger partial charge is 0.506 e. The lowest BCUT2D eigenvalue weighted by molar-refractivity contribution is -0.137. The van der Waals surface area contributed by atoms with Gasteiger partial charge in [0.15, 0.2) is 0 Å². The summed E-state index contributed by atoms with van der Waals surface area (Å²) in [4.78, 5) is 0.637. The number of phenols is 1. The lowest BCUT2D eigenvalue weighted by atomic mass is 10.1. The summed E-state index contributed by atoms with van der Waals surface area (Å²) < 4.78 is 39.4. The molecule has 26 heavy (non-hydrogen) atoms. The summed E-state index contributed by atoms with van der Waals surface area (Å²) in [6.45, 7) is 5.90. The Kier molecular flexibility index (Phi) is 7.83. The van der Waals surface area contributed by atoms with Gasteiger partial charge in [0.25, 0.3) is 0 Å². The molecule has 0 radical (unpaired) electrons. The van der Waals surface area contributed by atoms with Crippen molar-refractivity contribution in [3.05, 3.63) is 34.1 Å². The van der Waals surface area contributed by atoms with Gasteiger partial charge in [-0.2, -0.15) is 18.3 Å². The molecule has 1 heterocycles. The molecule has 144 valence electrons. The van der Waals surface area contributed by atoms with Crippen molar-refractivity contribution in [1.29, 1.82) is 0 Å². The van der Waals surface area contributed by atoms with Gasteiger partial charge < -0.3 is 10.3 Å². The molecule has 0 aliphatic rings. The van der Waals surface area contributed by atoms with Crippen LogP contribution in [0.5, 0.6) is 5.75 Å². The lowest BCUT2D eigenvalue weighted by Gasteiger charge is -2.13. The van der Waals surface area contributed by atoms with Gasteiger partial charge in [-0.3, -0.25) is 0 Å². The fraction of sp³-hybridized carbons (Fsp3) is 0.375. The van der Waals surface area contributed by atoms with Gasteiger partial charge in [0.2, 0.25) is 0 Å². The minimum absolute atomic E-state index is 0.0787. The number of rotatable bonds is 3. The van der Waals surface area contributed by atoms with Crippen LogP contribution in [0, 0.1) is 6.92 Å². The Labute approximate surface area is 158 Å². The van der Waals surface area contributed by atoms with Gasteiger partial charge in [0.05, 0.1) is 27.4 Å². The summed E-state index contributed by atoms with van der Waals surface area (Å²) in [6.07, 6.45) is -0.528. The minimum Gasteiger partial charge on any atom is -0.506 e. The first-order chi connectivity index (χ1) is 12.1. The Morgan fingerprint density at radius 3 is 2.35 bits per heavy atom. The highest BCUT2D eigenvalue weighted by Crippen LogP contribution is 2.39. The predicted molar refractivity (Wildman–Crippen MR) is 97.1 cm³/mol. The molecule has 0 amide bonds. The van der Waals surface area contributed by atoms with Crippen molar-refractivity contribution >= 4 is 29.6 Å². The summed E-state index contributed by atoms with van der Waals surface area (Å²) in [5, 5.41) is 25.3. The SMILES string of the molecule is CCC.CSc1c(/C=N/O)nn(-c2c(O)cc(C(F)(F)F)cc2Cl)c1C. The zero-order valence-electron chi connectivity index (χ0n) is 14.6. The molecule has 0 unspecified atom stereocenters. The lowest BCUT2D eigenvalue weighted by Crippen LogP contribution is -2.07. The van der Waals surface area contributed by atoms with E-state index in [4.69, 9.17) is 16.8 Å². The predicted octanol–water partition coefficient (Wildman–Crippen LogP) is 5.50. The number of aromatic hydroxyl groups is 1. The molecule has 5 nitrogen and oxygen atoms in total. The van der Waals surface area contributed by atoms with Crippen LogP contribution in [-0.4, -0.2) is 32.6 Å². The second kappa shape index (κ2) is 9.18. The average molecular weight is 410 g/mol. The summed E-state index contributed by atoms with van der Waals surface area (Å²) in [7, 11) is 0. The Morgan fingerprint density at radius 2 is 1.92 bits per heavy atom. The monoisotopic (exact) mass is 409 g/mol. The van der Waals surface area contributed by atoms with Crippen molar-refractivity contribution < 1.29 is 23.5 Å². The molecule has 0 atom stereocenters. The summed E-state index contributed by atoms with van der Waals surface area (Å²) in [5.74, 6) is -0.657. The quantitative estimate of drug-likeness (QED) is 0.303. The van der Waals surface area contributed by atoms with Crippen LogP contribution in [0.1, 0.15) is 37.2 Å². The normalized spacial score (nSPS) is 11.5. The van der Waals surface area contributed by atoms with Gasteiger partial charge in [-0.1, -0.05) is 37.0 Å². The molecular weight excluding hydrogens is 391 g/mol. The van der Waals surface area contributed by atoms with Crippen LogP contribution >= 0.6 is 23.4 Å². The molecule has 0 fully saturated rings. The third-order valence-corrected chi connectivity index (χ3v) is 4.25. The van der Waals surface area contributed by atoms with Gasteiger partial charge >= 0.3 is 6.18 Å². The van der Waals surface area contributed by atoms with Crippen LogP contribution in [0.2, 0.25) is 5.02 Å². The standard InChI is InChI=1S/C13H11ClF3N3O2S.C3H8/c1-6-12(23-2)9(5-18-22)19-20(6)11-8(14)3-7(4-10(11)21)13(15,16)17;1-3-2/h3-5,21-22H,1-2H3;3H2,1-2H3/b18-5+;. The third-order valence-electron chi connectivity index (χ3n) is 3.05. The van der Waals surface area contributed by atoms with Crippen LogP contribution in [0.4, 0.5) is 13.2 Å². The van der Waals surface area contributed by atoms with E-state index in [1.54, 1.807) is 13.2 Å². The van der Waals surface area contributed by atoms with E-state index < -0.39 is 17.5 Å². The summed E-state index contributed by atoms with van der Waals surface area (Å²) in [5.41, 5.74) is -0.307. The van der Waals surface area contributed by atoms with Crippen molar-refractivity contribution in [2.24, 2.45) is 5.16 Å². The molecule has 0 saturated carbocycles. The van der Waals surface area contributed by atoms with E-state index >= 15 is 0 Å². The van der Waals surface area contributed by atoms with E-state index in [0.29, 0.717) is 22.3 Å². The van der Waals surface area contributed by atoms with Crippen molar-refractivity contribution in [1.82, 2.24) is 9.78 Å². The third kappa shape index (κ3) is 4.85. The molecule has 0 spiro atoms. The molecule has 0 aliphatic carbocycles. The van der Waals surface area contributed by atoms with E-state index in [-0.39, 0.29) is 10.7 Å². The van der Waals surface area contributed by atoms with Gasteiger partial charge in [0.1, 0.15) is 17.1 Å². The highest BCUT2D eigenvalue weighted by molar-refractivity contribution is 7.98. The zero-order chi connectivity index (χ0) is 20.1. The van der Waals surface area contributed by atoms with Crippen molar-refractivity contribution in [3.63, 3.8) is 0 Å². The Balaban J connectivity index is 0.00000105. The van der Waals surface area contributed by atoms with E-state index in [9.17, 15) is 18.3 Å². The van der Waals surface area contributed by atoms with E-state index in [1.807, 2.05) is 0 Å². The number of aromatic nitrogens is 2. The topological polar surface area (TPSA) is 70.6 Å². The van der Waals surface area contributed by atoms with Gasteiger partial charge in [0, 0.05) is 0 Å². The van der Waals surface area contributed by atoms with Crippen LogP contribution in [-0.2, 0) is 6.18 Å². The molecule has 2 rings (SSSR count). The summed E-state index contributed by atoms with van der Waals surface area (Å²) in [6, 6.07) is 1.30. The maximum atomic E-state index is 12.7. The first kappa shape index (κ1) is 22.2. The van der Waals surface area contributed by atoms with E-state index in [0.717, 1.165) is 12.3 Å². The number of alkyl halides is 3. The Hall–Kier alpha value is -1.87. The number of hydrogen-bond acceptors (Lipinski definition) is 5. The fourth-order valence-electron chi connectivity index (χ4n) is 2.08. The highest BCUT2D eigenvalue weighted by atomic mass is 35.5. The average Bonchev–Trinajstić information content (AvgIpc) is 2.83. The van der Waals surface area contributed by atoms with Crippen LogP contribution in [0.3, 0.4) is 0 Å². The molecule has 0 aliphatic heterocycles. The van der Waals surface area contributed by atoms with Crippen LogP contribution < -0.4 is 0 Å². The Morgan fingerprint density at radius 1 is 1.35 bits per heavy atom. The Bertz CT molecular complexity index is 769. The van der Waals surface area contributed by atoms with Crippen molar-refractivity contribution in [2.75, 3.05) is 6.26 Å². The van der Waals surface area contributed by atoms with Crippen molar-refractivity contribution in [3.8, 4) is 11.4 Å². The zero-order valence-corrected chi connectivity index (χ0v) is 16.2. The molecule has 0 saturated heterocycles. The van der Waals surface area contributed by atoms with Gasteiger partial charge in [-0.15, -0.1) is 11.8 Å². The minimum atomic E-state index is -4.63. The smallest absolute Gasteiger partial charge is 0.416 e. The molecule has 1 aromatic heterocycles. The maximum Gasteiger partial charge on any atom is 0.416 e. The van der Waals surface area contributed by atoms with E-state index in [1.165, 1.54) is 22.9 Å². The number of nitrogens with zero attached hydrogens (tertiary/aromatic N) is 3. The van der Waals surface area contributed by atoms with Crippen LogP contribution in [0.25, 0.3) is 5.69 Å². The molecular formula is C16H19ClF3N3O2S. The molecule has 10 heteroatoms. The summed E-state index contributed by atoms with van der Waals surface area (Å²) >= 11 is 7.22. The number of benzene rings is 1. The van der Waals surface area contributed by atoms with E-state index in [2.05, 4.69) is 24.1 Å². The first-order valence-electron chi connectivity index (χ1n) is 7.53. The second-order valence-corrected chi connectivity index (χ2v) is 6.41. The molecule has 1 aromatic carbocycles. The number of halogens is 4. The highest BCUT2D eigenvalue weighted by Gasteiger charge is 2.33. The number of phenolic OH excluding ortho intramolecular Hbond substituents is 1. The fourth-order valence-corrected chi connectivity index (χ4v) is 3.06. The molecule has 2 aromatic rings. The van der Waals surface area contributed by atoms with Gasteiger partial charge in [-0.25, -0.2) is 4.68 Å². The number of oxime groups is 1. The molecule has 0 bridgehead atoms. The number of hydrogen-bond donors (Lipinski definition) is 2. The maximum absolute atomic E-state index is 12.7. The van der Waals surface area contributed by atoms with Gasteiger partial charge in [-0.05, 0) is 25.3 Å². The van der Waals surface area contributed by atoms with Crippen molar-refractivity contribution in [2.45, 2.75) is 38.3 Å². The van der Waals surface area contributed by atoms with Crippen LogP contribution in [0.15, 0.2) is 22.2 Å². The molecule has 2 N–H and O–H groups in total. The second-order valence-electron chi connectivity index (χ2n) is 5.19.